The van der Waals surface area contributed by atoms with Crippen LogP contribution in [-0.4, -0.2) is 17.7 Å². The summed E-state index contributed by atoms with van der Waals surface area (Å²) in [6, 6.07) is 4.27. The summed E-state index contributed by atoms with van der Waals surface area (Å²) < 4.78 is 5.30. The van der Waals surface area contributed by atoms with E-state index in [0.29, 0.717) is 12.0 Å². The summed E-state index contributed by atoms with van der Waals surface area (Å²) in [7, 11) is 0. The van der Waals surface area contributed by atoms with E-state index in [4.69, 9.17) is 4.74 Å². The maximum absolute atomic E-state index is 5.30. The third-order valence-corrected chi connectivity index (χ3v) is 3.26. The molecule has 0 amide bonds. The van der Waals surface area contributed by atoms with E-state index in [1.807, 2.05) is 6.20 Å². The second kappa shape index (κ2) is 3.35. The molecule has 0 N–H and O–H groups in total. The van der Waals surface area contributed by atoms with Gasteiger partial charge in [-0.3, -0.25) is 4.98 Å². The number of fused-ring (bicyclic) bond motifs is 1. The molecular weight excluding hydrogens is 174 g/mol. The maximum Gasteiger partial charge on any atom is 0.0816 e. The van der Waals surface area contributed by atoms with Crippen molar-refractivity contribution in [2.45, 2.75) is 37.7 Å². The molecule has 74 valence electrons. The molecule has 0 spiro atoms. The van der Waals surface area contributed by atoms with E-state index in [1.54, 1.807) is 0 Å². The highest BCUT2D eigenvalue weighted by Gasteiger charge is 2.30. The molecule has 14 heavy (non-hydrogen) atoms. The molecule has 2 aliphatic rings. The highest BCUT2D eigenvalue weighted by molar-refractivity contribution is 5.26. The van der Waals surface area contributed by atoms with Gasteiger partial charge in [0.05, 0.1) is 12.7 Å². The predicted molar refractivity (Wildman–Crippen MR) is 54.3 cm³/mol. The van der Waals surface area contributed by atoms with Crippen LogP contribution in [-0.2, 0) is 11.2 Å². The molecule has 1 fully saturated rings. The number of hydrogen-bond acceptors (Lipinski definition) is 2. The van der Waals surface area contributed by atoms with Crippen LogP contribution in [0.4, 0.5) is 0 Å². The molecule has 1 saturated heterocycles. The van der Waals surface area contributed by atoms with Gasteiger partial charge in [0.2, 0.25) is 0 Å². The monoisotopic (exact) mass is 189 g/mol. The summed E-state index contributed by atoms with van der Waals surface area (Å²) >= 11 is 0. The molecule has 2 heterocycles. The minimum atomic E-state index is 0.535. The number of aryl methyl sites for hydroxylation is 1. The lowest BCUT2D eigenvalue weighted by atomic mass is 9.84. The van der Waals surface area contributed by atoms with Crippen molar-refractivity contribution in [3.63, 3.8) is 0 Å². The van der Waals surface area contributed by atoms with Crippen molar-refractivity contribution in [3.8, 4) is 0 Å². The number of epoxide rings is 1. The Morgan fingerprint density at radius 2 is 2.43 bits per heavy atom. The number of ether oxygens (including phenoxy) is 1. The standard InChI is InChI=1S/C12H15NO/c1-3-9-5-2-6-13-12(9)10(4-1)7-11-8-14-11/h2,5-6,10-11H,1,3-4,7-8H2. The largest absolute Gasteiger partial charge is 0.373 e. The van der Waals surface area contributed by atoms with Gasteiger partial charge in [0.25, 0.3) is 0 Å². The van der Waals surface area contributed by atoms with Crippen molar-refractivity contribution in [1.29, 1.82) is 0 Å². The van der Waals surface area contributed by atoms with Crippen LogP contribution in [0.15, 0.2) is 18.3 Å². The highest BCUT2D eigenvalue weighted by atomic mass is 16.6. The molecule has 0 saturated carbocycles. The van der Waals surface area contributed by atoms with E-state index < -0.39 is 0 Å². The van der Waals surface area contributed by atoms with Crippen molar-refractivity contribution in [2.24, 2.45) is 0 Å². The number of rotatable bonds is 2. The first-order valence-electron chi connectivity index (χ1n) is 5.49. The molecule has 0 aromatic carbocycles. The first-order chi connectivity index (χ1) is 6.93. The second-order valence-electron chi connectivity index (χ2n) is 4.33. The van der Waals surface area contributed by atoms with E-state index in [0.717, 1.165) is 6.61 Å². The number of aromatic nitrogens is 1. The van der Waals surface area contributed by atoms with E-state index in [9.17, 15) is 0 Å². The molecule has 0 bridgehead atoms. The fourth-order valence-electron chi connectivity index (χ4n) is 2.46. The summed E-state index contributed by atoms with van der Waals surface area (Å²) in [5, 5.41) is 0. The van der Waals surface area contributed by atoms with Crippen LogP contribution in [0.5, 0.6) is 0 Å². The average molecular weight is 189 g/mol. The third-order valence-electron chi connectivity index (χ3n) is 3.26. The Kier molecular flexibility index (Phi) is 2.02. The lowest BCUT2D eigenvalue weighted by molar-refractivity contribution is 0.366. The minimum Gasteiger partial charge on any atom is -0.373 e. The Hall–Kier alpha value is -0.890. The van der Waals surface area contributed by atoms with Crippen LogP contribution in [0.25, 0.3) is 0 Å². The van der Waals surface area contributed by atoms with Crippen molar-refractivity contribution in [2.75, 3.05) is 6.61 Å². The first-order valence-corrected chi connectivity index (χ1v) is 5.49. The zero-order chi connectivity index (χ0) is 9.38. The Balaban J connectivity index is 1.85. The average Bonchev–Trinajstić information content (AvgIpc) is 3.03. The quantitative estimate of drug-likeness (QED) is 0.667. The summed E-state index contributed by atoms with van der Waals surface area (Å²) in [5.41, 5.74) is 2.80. The van der Waals surface area contributed by atoms with Gasteiger partial charge in [0.15, 0.2) is 0 Å². The summed E-state index contributed by atoms with van der Waals surface area (Å²) in [4.78, 5) is 4.53. The molecule has 1 aliphatic carbocycles. The Morgan fingerprint density at radius 1 is 1.50 bits per heavy atom. The zero-order valence-electron chi connectivity index (χ0n) is 8.28. The van der Waals surface area contributed by atoms with Gasteiger partial charge in [-0.15, -0.1) is 0 Å². The van der Waals surface area contributed by atoms with Gasteiger partial charge >= 0.3 is 0 Å². The number of pyridine rings is 1. The van der Waals surface area contributed by atoms with Gasteiger partial charge < -0.3 is 4.74 Å². The lowest BCUT2D eigenvalue weighted by Gasteiger charge is -2.23. The van der Waals surface area contributed by atoms with Crippen molar-refractivity contribution >= 4 is 0 Å². The van der Waals surface area contributed by atoms with Gasteiger partial charge in [-0.1, -0.05) is 6.07 Å². The predicted octanol–water partition coefficient (Wildman–Crippen LogP) is 2.29. The highest BCUT2D eigenvalue weighted by Crippen LogP contribution is 2.35. The van der Waals surface area contributed by atoms with Gasteiger partial charge in [-0.25, -0.2) is 0 Å². The molecule has 1 aliphatic heterocycles. The maximum atomic E-state index is 5.30. The van der Waals surface area contributed by atoms with Crippen LogP contribution in [0.1, 0.15) is 36.4 Å². The molecule has 2 nitrogen and oxygen atoms in total. The molecule has 0 radical (unpaired) electrons. The molecule has 1 aromatic heterocycles. The molecule has 2 heteroatoms. The van der Waals surface area contributed by atoms with Gasteiger partial charge in [0.1, 0.15) is 0 Å². The Labute approximate surface area is 84.3 Å². The zero-order valence-corrected chi connectivity index (χ0v) is 8.28. The molecule has 2 atom stereocenters. The molecule has 2 unspecified atom stereocenters. The first kappa shape index (κ1) is 8.42. The summed E-state index contributed by atoms with van der Waals surface area (Å²) in [6.07, 6.45) is 7.47. The van der Waals surface area contributed by atoms with E-state index in [-0.39, 0.29) is 0 Å². The van der Waals surface area contributed by atoms with Crippen LogP contribution in [0, 0.1) is 0 Å². The van der Waals surface area contributed by atoms with E-state index in [2.05, 4.69) is 17.1 Å². The SMILES string of the molecule is c1cnc2c(c1)CCCC2CC1CO1. The molecule has 3 rings (SSSR count). The van der Waals surface area contributed by atoms with Crippen LogP contribution >= 0.6 is 0 Å². The third kappa shape index (κ3) is 1.55. The van der Waals surface area contributed by atoms with Crippen LogP contribution in [0.3, 0.4) is 0 Å². The lowest BCUT2D eigenvalue weighted by Crippen LogP contribution is -2.13. The Bertz CT molecular complexity index is 333. The normalized spacial score (nSPS) is 29.7. The van der Waals surface area contributed by atoms with Crippen LogP contribution in [0.2, 0.25) is 0 Å². The second-order valence-corrected chi connectivity index (χ2v) is 4.33. The van der Waals surface area contributed by atoms with Gasteiger partial charge in [-0.05, 0) is 37.3 Å². The van der Waals surface area contributed by atoms with E-state index in [1.165, 1.54) is 36.9 Å². The fraction of sp³-hybridized carbons (Fsp3) is 0.583. The molecular formula is C12H15NO. The minimum absolute atomic E-state index is 0.535. The smallest absolute Gasteiger partial charge is 0.0816 e. The van der Waals surface area contributed by atoms with Gasteiger partial charge in [0, 0.05) is 17.8 Å². The summed E-state index contributed by atoms with van der Waals surface area (Å²) in [5.74, 6) is 0.660. The number of nitrogens with zero attached hydrogens (tertiary/aromatic N) is 1. The summed E-state index contributed by atoms with van der Waals surface area (Å²) in [6.45, 7) is 0.971. The molecule has 1 aromatic rings. The number of hydrogen-bond donors (Lipinski definition) is 0. The topological polar surface area (TPSA) is 25.4 Å². The van der Waals surface area contributed by atoms with Crippen molar-refractivity contribution in [1.82, 2.24) is 4.98 Å². The van der Waals surface area contributed by atoms with Crippen molar-refractivity contribution < 1.29 is 4.74 Å². The Morgan fingerprint density at radius 3 is 3.29 bits per heavy atom. The van der Waals surface area contributed by atoms with E-state index >= 15 is 0 Å². The van der Waals surface area contributed by atoms with Crippen LogP contribution < -0.4 is 0 Å². The fourth-order valence-corrected chi connectivity index (χ4v) is 2.46. The van der Waals surface area contributed by atoms with Crippen molar-refractivity contribution in [3.05, 3.63) is 29.6 Å². The van der Waals surface area contributed by atoms with Gasteiger partial charge in [-0.2, -0.15) is 0 Å².